The summed E-state index contributed by atoms with van der Waals surface area (Å²) in [6.07, 6.45) is 5.53. The first kappa shape index (κ1) is 19.7. The Bertz CT molecular complexity index is 960. The van der Waals surface area contributed by atoms with Gasteiger partial charge in [0.15, 0.2) is 4.91 Å². The maximum absolute atomic E-state index is 12.6. The minimum absolute atomic E-state index is 0.0936. The fraction of sp³-hybridized carbons (Fsp3) is 0.474. The number of aliphatic hydroxyl groups excluding tert-OH is 1. The summed E-state index contributed by atoms with van der Waals surface area (Å²) in [5.41, 5.74) is 5.37. The van der Waals surface area contributed by atoms with Crippen LogP contribution in [0, 0.1) is 5.41 Å². The van der Waals surface area contributed by atoms with E-state index < -0.39 is 27.1 Å². The average molecular weight is 420 g/mol. The molecule has 1 aliphatic heterocycles. The predicted octanol–water partition coefficient (Wildman–Crippen LogP) is 0.915. The van der Waals surface area contributed by atoms with E-state index in [1.807, 2.05) is 4.72 Å². The van der Waals surface area contributed by atoms with Gasteiger partial charge in [-0.25, -0.2) is 17.9 Å². The molecule has 1 aromatic carbocycles. The normalized spacial score (nSPS) is 22.0. The first-order chi connectivity index (χ1) is 13.9. The highest BCUT2D eigenvalue weighted by molar-refractivity contribution is 7.94. The number of hydrogen-bond donors (Lipinski definition) is 5. The van der Waals surface area contributed by atoms with Gasteiger partial charge in [0, 0.05) is 18.4 Å². The Morgan fingerprint density at radius 2 is 1.86 bits per heavy atom. The summed E-state index contributed by atoms with van der Waals surface area (Å²) in [6, 6.07) is 1.36. The topological polar surface area (TPSA) is 141 Å². The molecule has 5 N–H and O–H groups in total. The lowest BCUT2D eigenvalue weighted by molar-refractivity contribution is 0.0330. The molecule has 10 heteroatoms. The van der Waals surface area contributed by atoms with Gasteiger partial charge in [0.05, 0.1) is 0 Å². The molecule has 0 saturated carbocycles. The molecule has 29 heavy (non-hydrogen) atoms. The molecular formula is C19H24N4O5S. The standard InChI is InChI=1S/C19H24N4O5S/c20-8-16(18-21-9-13(24)10-28-18)29(26,27)23-19(25)22-17-14-5-1-3-11(14)7-12-4-2-6-15(12)17/h7-8,13,20-21,24H,1-6,9-10H2,(H2,22,23,25)/b18-16-,20-8?. The molecule has 4 rings (SSSR count). The van der Waals surface area contributed by atoms with Gasteiger partial charge in [-0.15, -0.1) is 0 Å². The van der Waals surface area contributed by atoms with Crippen molar-refractivity contribution in [3.8, 4) is 0 Å². The molecule has 156 valence electrons. The zero-order chi connectivity index (χ0) is 20.6. The van der Waals surface area contributed by atoms with Gasteiger partial charge in [0.25, 0.3) is 10.0 Å². The van der Waals surface area contributed by atoms with Gasteiger partial charge >= 0.3 is 6.03 Å². The van der Waals surface area contributed by atoms with Crippen LogP contribution in [0.5, 0.6) is 0 Å². The lowest BCUT2D eigenvalue weighted by atomic mass is 9.99. The van der Waals surface area contributed by atoms with Crippen molar-refractivity contribution in [2.24, 2.45) is 0 Å². The molecule has 1 unspecified atom stereocenters. The molecule has 2 amide bonds. The molecule has 2 aliphatic carbocycles. The third-order valence-corrected chi connectivity index (χ3v) is 6.84. The van der Waals surface area contributed by atoms with E-state index in [1.165, 1.54) is 11.1 Å². The largest absolute Gasteiger partial charge is 0.475 e. The van der Waals surface area contributed by atoms with Crippen molar-refractivity contribution in [1.82, 2.24) is 10.0 Å². The Morgan fingerprint density at radius 3 is 2.41 bits per heavy atom. The summed E-state index contributed by atoms with van der Waals surface area (Å²) in [6.45, 7) is 0.000355. The molecule has 0 aromatic heterocycles. The molecule has 3 aliphatic rings. The molecule has 0 spiro atoms. The summed E-state index contributed by atoms with van der Waals surface area (Å²) in [5, 5.41) is 22.3. The molecule has 1 saturated heterocycles. The van der Waals surface area contributed by atoms with Crippen LogP contribution in [0.2, 0.25) is 0 Å². The van der Waals surface area contributed by atoms with Crippen LogP contribution in [0.25, 0.3) is 0 Å². The van der Waals surface area contributed by atoms with Crippen LogP contribution in [0.3, 0.4) is 0 Å². The zero-order valence-electron chi connectivity index (χ0n) is 15.9. The number of carbonyl (C=O) groups excluding carboxylic acids is 1. The van der Waals surface area contributed by atoms with E-state index in [-0.39, 0.29) is 19.0 Å². The van der Waals surface area contributed by atoms with Gasteiger partial charge in [-0.3, -0.25) is 0 Å². The minimum atomic E-state index is -4.33. The van der Waals surface area contributed by atoms with E-state index in [1.54, 1.807) is 0 Å². The van der Waals surface area contributed by atoms with Crippen LogP contribution in [0.1, 0.15) is 35.1 Å². The highest BCUT2D eigenvalue weighted by atomic mass is 32.2. The summed E-state index contributed by atoms with van der Waals surface area (Å²) >= 11 is 0. The maximum Gasteiger partial charge on any atom is 0.333 e. The smallest absolute Gasteiger partial charge is 0.333 e. The van der Waals surface area contributed by atoms with Crippen molar-refractivity contribution in [3.05, 3.63) is 39.1 Å². The quantitative estimate of drug-likeness (QED) is 0.459. The van der Waals surface area contributed by atoms with E-state index in [0.29, 0.717) is 6.21 Å². The number of urea groups is 1. The van der Waals surface area contributed by atoms with E-state index in [2.05, 4.69) is 16.7 Å². The van der Waals surface area contributed by atoms with Crippen LogP contribution in [0.15, 0.2) is 16.9 Å². The number of fused-ring (bicyclic) bond motifs is 2. The predicted molar refractivity (Wildman–Crippen MR) is 107 cm³/mol. The molecular weight excluding hydrogens is 396 g/mol. The van der Waals surface area contributed by atoms with E-state index in [9.17, 15) is 18.3 Å². The Morgan fingerprint density at radius 1 is 1.21 bits per heavy atom. The molecule has 1 atom stereocenters. The zero-order valence-corrected chi connectivity index (χ0v) is 16.7. The fourth-order valence-electron chi connectivity index (χ4n) is 4.21. The van der Waals surface area contributed by atoms with Crippen LogP contribution < -0.4 is 15.4 Å². The molecule has 9 nitrogen and oxygen atoms in total. The number of ether oxygens (including phenoxy) is 1. The summed E-state index contributed by atoms with van der Waals surface area (Å²) in [7, 11) is -4.33. The van der Waals surface area contributed by atoms with E-state index in [4.69, 9.17) is 10.1 Å². The van der Waals surface area contributed by atoms with Gasteiger partial charge in [-0.1, -0.05) is 6.07 Å². The Balaban J connectivity index is 1.56. The number of benzene rings is 1. The molecule has 0 bridgehead atoms. The second-order valence-corrected chi connectivity index (χ2v) is 9.13. The average Bonchev–Trinajstić information content (AvgIpc) is 3.32. The van der Waals surface area contributed by atoms with Crippen LogP contribution in [0.4, 0.5) is 10.5 Å². The second-order valence-electron chi connectivity index (χ2n) is 7.48. The minimum Gasteiger partial charge on any atom is -0.475 e. The van der Waals surface area contributed by atoms with Crippen molar-refractivity contribution in [2.75, 3.05) is 18.5 Å². The van der Waals surface area contributed by atoms with Crippen molar-refractivity contribution in [3.63, 3.8) is 0 Å². The Kier molecular flexibility index (Phi) is 5.22. The molecule has 1 heterocycles. The maximum atomic E-state index is 12.6. The van der Waals surface area contributed by atoms with Gasteiger partial charge in [0.2, 0.25) is 5.88 Å². The number of amides is 2. The number of allylic oxidation sites excluding steroid dienone is 1. The second kappa shape index (κ2) is 7.68. The van der Waals surface area contributed by atoms with Gasteiger partial charge in [-0.05, 0) is 60.8 Å². The molecule has 1 aromatic rings. The summed E-state index contributed by atoms with van der Waals surface area (Å²) in [5.74, 6) is -0.160. The van der Waals surface area contributed by atoms with E-state index >= 15 is 0 Å². The first-order valence-corrected chi connectivity index (χ1v) is 11.2. The molecule has 0 radical (unpaired) electrons. The number of carbonyl (C=O) groups is 1. The monoisotopic (exact) mass is 420 g/mol. The number of nitrogens with one attached hydrogen (secondary N) is 4. The Labute approximate surface area is 169 Å². The van der Waals surface area contributed by atoms with Crippen molar-refractivity contribution < 1.29 is 23.1 Å². The summed E-state index contributed by atoms with van der Waals surface area (Å²) in [4.78, 5) is 12.1. The van der Waals surface area contributed by atoms with Gasteiger partial charge in [0.1, 0.15) is 12.7 Å². The Hall–Kier alpha value is -2.59. The number of β-amino-alcohol motifs (C(OH)–C–C–N with tert-alkyl or cyclic N) is 1. The van der Waals surface area contributed by atoms with Crippen molar-refractivity contribution >= 4 is 28.0 Å². The fourth-order valence-corrected chi connectivity index (χ4v) is 5.14. The van der Waals surface area contributed by atoms with Crippen LogP contribution in [-0.4, -0.2) is 45.0 Å². The van der Waals surface area contributed by atoms with Crippen molar-refractivity contribution in [1.29, 1.82) is 5.41 Å². The number of aliphatic hydroxyl groups is 1. The van der Waals surface area contributed by atoms with Gasteiger partial charge < -0.3 is 25.9 Å². The first-order valence-electron chi connectivity index (χ1n) is 9.69. The molecule has 1 fully saturated rings. The highest BCUT2D eigenvalue weighted by Crippen LogP contribution is 2.38. The number of rotatable bonds is 4. The number of hydrogen-bond acceptors (Lipinski definition) is 7. The summed E-state index contributed by atoms with van der Waals surface area (Å²) < 4.78 is 32.4. The highest BCUT2D eigenvalue weighted by Gasteiger charge is 2.29. The third-order valence-electron chi connectivity index (χ3n) is 5.50. The number of sulfonamides is 1. The third kappa shape index (κ3) is 3.82. The SMILES string of the molecule is N=C/C(=C1\NCC(O)CO1)S(=O)(=O)NC(=O)Nc1c2c(cc3c1CCC3)CCC2. The van der Waals surface area contributed by atoms with E-state index in [0.717, 1.165) is 55.3 Å². The lowest BCUT2D eigenvalue weighted by Crippen LogP contribution is -2.41. The lowest BCUT2D eigenvalue weighted by Gasteiger charge is -2.24. The number of anilines is 1. The van der Waals surface area contributed by atoms with Gasteiger partial charge in [-0.2, -0.15) is 0 Å². The number of aryl methyl sites for hydroxylation is 2. The van der Waals surface area contributed by atoms with Crippen LogP contribution >= 0.6 is 0 Å². The van der Waals surface area contributed by atoms with Crippen LogP contribution in [-0.2, 0) is 40.4 Å². The van der Waals surface area contributed by atoms with Crippen molar-refractivity contribution in [2.45, 2.75) is 44.6 Å².